The molecule has 0 bridgehead atoms. The van der Waals surface area contributed by atoms with Gasteiger partial charge in [0.2, 0.25) is 0 Å². The van der Waals surface area contributed by atoms with Gasteiger partial charge in [0.1, 0.15) is 34.5 Å². The average Bonchev–Trinajstić information content (AvgIpc) is 3.27. The molecule has 0 amide bonds. The topological polar surface area (TPSA) is 116 Å². The Kier molecular flexibility index (Phi) is 34.6. The van der Waals surface area contributed by atoms with Crippen molar-refractivity contribution in [3.8, 4) is 34.5 Å². The molecule has 7 aromatic rings. The minimum Gasteiger partial charge on any atom is -0.497 e. The van der Waals surface area contributed by atoms with Gasteiger partial charge in [-0.15, -0.1) is 27.7 Å². The fourth-order valence-electron chi connectivity index (χ4n) is 7.30. The van der Waals surface area contributed by atoms with Crippen molar-refractivity contribution in [1.82, 2.24) is 0 Å². The molecule has 3 atom stereocenters. The molecule has 0 aliphatic heterocycles. The number of benzene rings is 7. The van der Waals surface area contributed by atoms with Crippen LogP contribution in [0.15, 0.2) is 127 Å². The first-order valence-electron chi connectivity index (χ1n) is 23.4. The molecule has 73 heavy (non-hydrogen) atoms. The zero-order valence-corrected chi connectivity index (χ0v) is 50.2. The largest absolute Gasteiger partial charge is 0.631 e. The minimum absolute atomic E-state index is 0.814. The second kappa shape index (κ2) is 37.3. The van der Waals surface area contributed by atoms with Gasteiger partial charge in [-0.25, -0.2) is 0 Å². The lowest BCUT2D eigenvalue weighted by atomic mass is 10.1. The van der Waals surface area contributed by atoms with Crippen molar-refractivity contribution in [2.24, 2.45) is 0 Å². The second-order valence-corrected chi connectivity index (χ2v) is 19.4. The van der Waals surface area contributed by atoms with E-state index in [4.69, 9.17) is 43.5 Å². The third kappa shape index (κ3) is 33.8. The molecule has 0 saturated heterocycles. The molecule has 7 rings (SSSR count). The van der Waals surface area contributed by atoms with Gasteiger partial charge >= 0.3 is 7.32 Å². The predicted octanol–water partition coefficient (Wildman–Crippen LogP) is 12.0. The van der Waals surface area contributed by atoms with E-state index in [9.17, 15) is 0 Å². The minimum atomic E-state index is -2.17. The van der Waals surface area contributed by atoms with E-state index in [1.165, 1.54) is 66.8 Å². The third-order valence-electron chi connectivity index (χ3n) is 9.59. The molecule has 0 radical (unpaired) electrons. The maximum atomic E-state index is 7.17. The van der Waals surface area contributed by atoms with Crippen molar-refractivity contribution in [3.05, 3.63) is 194 Å². The SMILES string of the molecule is COc1cc(P)cc(OC)c1.COc1cc(P)cc(OC)c1.COc1cc(P)cc(OC)c1.Cc1cc(C)cc(C)c1.Cc1cc(C)cc(C)c1.Cc1cc(C)cc(C)c1.Cc1cc(C)cc(C)c1.OB(O)O. The normalized spacial score (nSPS) is 9.37. The zero-order valence-electron chi connectivity index (χ0n) is 46.7. The Hall–Kier alpha value is -5.43. The van der Waals surface area contributed by atoms with Crippen LogP contribution in [0.5, 0.6) is 34.5 Å². The number of aryl methyl sites for hydroxylation is 12. The van der Waals surface area contributed by atoms with Crippen LogP contribution in [0.1, 0.15) is 66.8 Å². The summed E-state index contributed by atoms with van der Waals surface area (Å²) in [4.78, 5) is 0. The highest BCUT2D eigenvalue weighted by molar-refractivity contribution is 7.27. The summed E-state index contributed by atoms with van der Waals surface area (Å²) in [6.07, 6.45) is 0. The van der Waals surface area contributed by atoms with Gasteiger partial charge in [0.15, 0.2) is 0 Å². The summed E-state index contributed by atoms with van der Waals surface area (Å²) < 4.78 is 30.3. The van der Waals surface area contributed by atoms with Gasteiger partial charge in [0, 0.05) is 18.2 Å². The Morgan fingerprint density at radius 2 is 0.329 bits per heavy atom. The van der Waals surface area contributed by atoms with Crippen LogP contribution in [0.4, 0.5) is 0 Å². The van der Waals surface area contributed by atoms with Crippen LogP contribution >= 0.6 is 27.7 Å². The molecule has 0 aliphatic rings. The summed E-state index contributed by atoms with van der Waals surface area (Å²) in [5.74, 6) is 4.89. The number of rotatable bonds is 6. The lowest BCUT2D eigenvalue weighted by molar-refractivity contribution is 0.278. The first-order chi connectivity index (χ1) is 34.2. The monoisotopic (exact) mass is 1050 g/mol. The molecule has 7 aromatic carbocycles. The molecular formula is C60H84BO9P3. The number of hydrogen-bond donors (Lipinski definition) is 3. The van der Waals surface area contributed by atoms with Crippen LogP contribution < -0.4 is 44.3 Å². The maximum absolute atomic E-state index is 7.17. The smallest absolute Gasteiger partial charge is 0.497 e. The molecule has 3 N–H and O–H groups in total. The predicted molar refractivity (Wildman–Crippen MR) is 322 cm³/mol. The van der Waals surface area contributed by atoms with Crippen molar-refractivity contribution in [1.29, 1.82) is 0 Å². The van der Waals surface area contributed by atoms with Gasteiger partial charge in [-0.2, -0.15) is 0 Å². The Morgan fingerprint density at radius 3 is 0.411 bits per heavy atom. The summed E-state index contributed by atoms with van der Waals surface area (Å²) in [5, 5.41) is 24.7. The first-order valence-corrected chi connectivity index (χ1v) is 25.2. The van der Waals surface area contributed by atoms with Gasteiger partial charge in [0.05, 0.1) is 42.7 Å². The molecule has 3 unspecified atom stereocenters. The van der Waals surface area contributed by atoms with Gasteiger partial charge in [-0.1, -0.05) is 140 Å². The van der Waals surface area contributed by atoms with Crippen LogP contribution in [0, 0.1) is 83.1 Å². The maximum Gasteiger partial charge on any atom is 0.631 e. The zero-order chi connectivity index (χ0) is 55.8. The van der Waals surface area contributed by atoms with Crippen molar-refractivity contribution in [2.75, 3.05) is 42.7 Å². The number of hydrogen-bond acceptors (Lipinski definition) is 9. The first kappa shape index (κ1) is 67.6. The van der Waals surface area contributed by atoms with E-state index in [0.717, 1.165) is 50.4 Å². The fourth-order valence-corrected chi connectivity index (χ4v) is 8.28. The summed E-state index contributed by atoms with van der Waals surface area (Å²) in [5.41, 5.74) is 16.3. The Bertz CT molecular complexity index is 2080. The van der Waals surface area contributed by atoms with Crippen molar-refractivity contribution in [3.63, 3.8) is 0 Å². The Morgan fingerprint density at radius 1 is 0.233 bits per heavy atom. The fraction of sp³-hybridized carbons (Fsp3) is 0.300. The van der Waals surface area contributed by atoms with Gasteiger partial charge in [-0.05, 0) is 135 Å². The van der Waals surface area contributed by atoms with Gasteiger partial charge in [-0.3, -0.25) is 0 Å². The second-order valence-electron chi connectivity index (χ2n) is 17.4. The molecule has 396 valence electrons. The van der Waals surface area contributed by atoms with Crippen LogP contribution in [-0.4, -0.2) is 65.1 Å². The van der Waals surface area contributed by atoms with E-state index in [1.807, 2.05) is 54.6 Å². The van der Waals surface area contributed by atoms with Gasteiger partial charge in [0.25, 0.3) is 0 Å². The van der Waals surface area contributed by atoms with Crippen LogP contribution in [0.2, 0.25) is 0 Å². The molecule has 0 fully saturated rings. The molecule has 0 heterocycles. The third-order valence-corrected chi connectivity index (χ3v) is 10.6. The average molecular weight is 1050 g/mol. The van der Waals surface area contributed by atoms with Crippen molar-refractivity contribution < 1.29 is 43.5 Å². The molecule has 9 nitrogen and oxygen atoms in total. The van der Waals surface area contributed by atoms with E-state index in [2.05, 4.69) is 184 Å². The lowest BCUT2D eigenvalue weighted by Gasteiger charge is -2.04. The van der Waals surface area contributed by atoms with Crippen LogP contribution in [0.25, 0.3) is 0 Å². The molecule has 0 aromatic heterocycles. The lowest BCUT2D eigenvalue weighted by Crippen LogP contribution is -2.07. The van der Waals surface area contributed by atoms with Crippen molar-refractivity contribution >= 4 is 51.0 Å². The summed E-state index contributed by atoms with van der Waals surface area (Å²) in [6.45, 7) is 25.5. The quantitative estimate of drug-likeness (QED) is 0.111. The van der Waals surface area contributed by atoms with E-state index < -0.39 is 7.32 Å². The van der Waals surface area contributed by atoms with E-state index >= 15 is 0 Å². The van der Waals surface area contributed by atoms with Crippen LogP contribution in [-0.2, 0) is 0 Å². The van der Waals surface area contributed by atoms with E-state index in [1.54, 1.807) is 42.7 Å². The molecule has 0 aliphatic carbocycles. The number of methoxy groups -OCH3 is 6. The molecule has 0 spiro atoms. The standard InChI is InChI=1S/4C9H12.3C8H11O2P.BH3O3/c4*1-7-4-8(2)6-9(3)5-7;3*1-9-6-3-7(10-2)5-8(11)4-6;2-1(3)4/h4*4-6H,1-3H3;3*3-5H,11H2,1-2H3;2-4H. The highest BCUT2D eigenvalue weighted by Crippen LogP contribution is 2.20. The number of ether oxygens (including phenoxy) is 6. The summed E-state index contributed by atoms with van der Waals surface area (Å²) in [7, 11) is 15.4. The van der Waals surface area contributed by atoms with Crippen LogP contribution in [0.3, 0.4) is 0 Å². The Labute approximate surface area is 446 Å². The summed E-state index contributed by atoms with van der Waals surface area (Å²) in [6, 6.07) is 43.3. The molecule has 0 saturated carbocycles. The Balaban J connectivity index is 0.000000820. The van der Waals surface area contributed by atoms with E-state index in [0.29, 0.717) is 0 Å². The van der Waals surface area contributed by atoms with E-state index in [-0.39, 0.29) is 0 Å². The molecular weight excluding hydrogens is 968 g/mol. The van der Waals surface area contributed by atoms with Crippen molar-refractivity contribution in [2.45, 2.75) is 83.1 Å². The molecule has 13 heteroatoms. The highest BCUT2D eigenvalue weighted by Gasteiger charge is 1.99. The van der Waals surface area contributed by atoms with Gasteiger partial charge < -0.3 is 43.5 Å². The highest BCUT2D eigenvalue weighted by atomic mass is 31.0. The summed E-state index contributed by atoms with van der Waals surface area (Å²) >= 11 is 0.